The third-order valence-corrected chi connectivity index (χ3v) is 8.27. The number of allylic oxidation sites excluding steroid dienone is 1. The van der Waals surface area contributed by atoms with Gasteiger partial charge < -0.3 is 4.74 Å². The number of hydrogen-bond acceptors (Lipinski definition) is 3. The fourth-order valence-electron chi connectivity index (χ4n) is 6.72. The molecule has 3 saturated carbocycles. The first-order valence-corrected chi connectivity index (χ1v) is 10.1. The van der Waals surface area contributed by atoms with Gasteiger partial charge in [-0.2, -0.15) is 13.2 Å². The number of ketones is 1. The van der Waals surface area contributed by atoms with Crippen LogP contribution in [0.5, 0.6) is 0 Å². The quantitative estimate of drug-likeness (QED) is 0.472. The summed E-state index contributed by atoms with van der Waals surface area (Å²) in [6, 6.07) is 0. The van der Waals surface area contributed by atoms with E-state index in [1.165, 1.54) is 0 Å². The first-order chi connectivity index (χ1) is 12.6. The molecule has 0 aromatic rings. The van der Waals surface area contributed by atoms with Crippen LogP contribution >= 0.6 is 0 Å². The summed E-state index contributed by atoms with van der Waals surface area (Å²) in [6.45, 7) is 4.37. The number of ether oxygens (including phenoxy) is 1. The fourth-order valence-corrected chi connectivity index (χ4v) is 6.72. The maximum Gasteiger partial charge on any atom is 0.490 e. The van der Waals surface area contributed by atoms with Crippen LogP contribution in [0, 0.1) is 28.6 Å². The van der Waals surface area contributed by atoms with Crippen LogP contribution in [0.15, 0.2) is 11.6 Å². The van der Waals surface area contributed by atoms with Gasteiger partial charge in [0.05, 0.1) is 0 Å². The van der Waals surface area contributed by atoms with Crippen molar-refractivity contribution >= 4 is 11.8 Å². The molecule has 27 heavy (non-hydrogen) atoms. The van der Waals surface area contributed by atoms with E-state index in [9.17, 15) is 22.8 Å². The Balaban J connectivity index is 1.53. The molecule has 4 rings (SSSR count). The maximum absolute atomic E-state index is 12.5. The molecule has 6 atom stereocenters. The molecule has 4 aliphatic carbocycles. The molecule has 0 aromatic carbocycles. The van der Waals surface area contributed by atoms with Crippen LogP contribution in [0.3, 0.4) is 0 Å². The summed E-state index contributed by atoms with van der Waals surface area (Å²) in [5, 5.41) is 0. The van der Waals surface area contributed by atoms with E-state index >= 15 is 0 Å². The van der Waals surface area contributed by atoms with E-state index in [1.807, 2.05) is 0 Å². The third kappa shape index (κ3) is 2.85. The molecule has 0 saturated heterocycles. The molecule has 150 valence electrons. The van der Waals surface area contributed by atoms with E-state index in [-0.39, 0.29) is 10.8 Å². The smallest absolute Gasteiger partial charge is 0.455 e. The monoisotopic (exact) mass is 384 g/mol. The zero-order chi connectivity index (χ0) is 19.6. The van der Waals surface area contributed by atoms with Gasteiger partial charge in [-0.1, -0.05) is 25.5 Å². The van der Waals surface area contributed by atoms with Crippen molar-refractivity contribution in [2.75, 3.05) is 0 Å². The van der Waals surface area contributed by atoms with Crippen molar-refractivity contribution in [1.29, 1.82) is 0 Å². The molecule has 0 amide bonds. The molecule has 0 spiro atoms. The summed E-state index contributed by atoms with van der Waals surface area (Å²) in [6.07, 6.45) is 2.67. The van der Waals surface area contributed by atoms with E-state index in [1.54, 1.807) is 0 Å². The van der Waals surface area contributed by atoms with E-state index < -0.39 is 18.2 Å². The highest BCUT2D eigenvalue weighted by molar-refractivity contribution is 5.87. The molecular weight excluding hydrogens is 357 g/mol. The first-order valence-electron chi connectivity index (χ1n) is 10.1. The summed E-state index contributed by atoms with van der Waals surface area (Å²) in [7, 11) is 0. The zero-order valence-corrected chi connectivity index (χ0v) is 15.9. The average molecular weight is 384 g/mol. The van der Waals surface area contributed by atoms with Crippen LogP contribution in [-0.2, 0) is 14.3 Å². The second kappa shape index (κ2) is 6.08. The minimum Gasteiger partial charge on any atom is -0.455 e. The maximum atomic E-state index is 12.5. The lowest BCUT2D eigenvalue weighted by Crippen LogP contribution is -2.50. The average Bonchev–Trinajstić information content (AvgIpc) is 2.89. The Hall–Kier alpha value is -1.33. The van der Waals surface area contributed by atoms with Crippen LogP contribution in [0.1, 0.15) is 65.2 Å². The number of halogens is 3. The van der Waals surface area contributed by atoms with Gasteiger partial charge in [-0.15, -0.1) is 0 Å². The highest BCUT2D eigenvalue weighted by atomic mass is 19.4. The van der Waals surface area contributed by atoms with Crippen LogP contribution in [0.2, 0.25) is 0 Å². The molecule has 6 heteroatoms. The van der Waals surface area contributed by atoms with Crippen molar-refractivity contribution in [3.05, 3.63) is 11.6 Å². The third-order valence-electron chi connectivity index (χ3n) is 8.27. The number of carbonyl (C=O) groups excluding carboxylic acids is 2. The van der Waals surface area contributed by atoms with Gasteiger partial charge in [0, 0.05) is 18.3 Å². The number of hydrogen-bond donors (Lipinski definition) is 0. The molecule has 0 aliphatic heterocycles. The Morgan fingerprint density at radius 1 is 1.11 bits per heavy atom. The zero-order valence-electron chi connectivity index (χ0n) is 15.9. The van der Waals surface area contributed by atoms with Crippen molar-refractivity contribution < 1.29 is 27.5 Å². The Labute approximate surface area is 157 Å². The number of carbonyl (C=O) groups is 2. The Bertz CT molecular complexity index is 697. The molecular formula is C21H27F3O3. The van der Waals surface area contributed by atoms with Crippen molar-refractivity contribution in [2.45, 2.75) is 77.5 Å². The molecule has 0 aromatic heterocycles. The van der Waals surface area contributed by atoms with Gasteiger partial charge in [0.15, 0.2) is 0 Å². The molecule has 3 fully saturated rings. The normalized spacial score (nSPS) is 44.0. The van der Waals surface area contributed by atoms with Gasteiger partial charge in [0.1, 0.15) is 11.9 Å². The summed E-state index contributed by atoms with van der Waals surface area (Å²) in [5.74, 6) is -0.282. The predicted octanol–water partition coefficient (Wildman–Crippen LogP) is 4.99. The van der Waals surface area contributed by atoms with Crippen molar-refractivity contribution in [2.24, 2.45) is 28.6 Å². The molecule has 3 nitrogen and oxygen atoms in total. The van der Waals surface area contributed by atoms with E-state index in [2.05, 4.69) is 19.9 Å². The van der Waals surface area contributed by atoms with Crippen molar-refractivity contribution in [3.8, 4) is 0 Å². The second-order valence-corrected chi connectivity index (χ2v) is 9.45. The Kier molecular flexibility index (Phi) is 4.28. The highest BCUT2D eigenvalue weighted by Crippen LogP contribution is 2.64. The molecule has 0 heterocycles. The Morgan fingerprint density at radius 3 is 2.48 bits per heavy atom. The lowest BCUT2D eigenvalue weighted by molar-refractivity contribution is -0.206. The molecule has 4 aliphatic rings. The van der Waals surface area contributed by atoms with Crippen LogP contribution in [0.4, 0.5) is 13.2 Å². The topological polar surface area (TPSA) is 43.4 Å². The van der Waals surface area contributed by atoms with Crippen LogP contribution < -0.4 is 0 Å². The van der Waals surface area contributed by atoms with Crippen LogP contribution in [0.25, 0.3) is 0 Å². The summed E-state index contributed by atoms with van der Waals surface area (Å²) < 4.78 is 42.3. The summed E-state index contributed by atoms with van der Waals surface area (Å²) in [5.41, 5.74) is 0.933. The largest absolute Gasteiger partial charge is 0.490 e. The van der Waals surface area contributed by atoms with Crippen molar-refractivity contribution in [3.63, 3.8) is 0 Å². The number of rotatable bonds is 1. The van der Waals surface area contributed by atoms with Gasteiger partial charge in [-0.25, -0.2) is 4.79 Å². The van der Waals surface area contributed by atoms with E-state index in [0.29, 0.717) is 42.8 Å². The molecule has 0 N–H and O–H groups in total. The number of alkyl halides is 3. The van der Waals surface area contributed by atoms with Gasteiger partial charge >= 0.3 is 12.1 Å². The highest BCUT2D eigenvalue weighted by Gasteiger charge is 2.58. The summed E-state index contributed by atoms with van der Waals surface area (Å²) in [4.78, 5) is 23.6. The van der Waals surface area contributed by atoms with Gasteiger partial charge in [0.2, 0.25) is 0 Å². The summed E-state index contributed by atoms with van der Waals surface area (Å²) >= 11 is 0. The number of fused-ring (bicyclic) bond motifs is 5. The lowest BCUT2D eigenvalue weighted by atomic mass is 9.48. The minimum atomic E-state index is -4.93. The van der Waals surface area contributed by atoms with E-state index in [4.69, 9.17) is 4.74 Å². The van der Waals surface area contributed by atoms with Gasteiger partial charge in [-0.05, 0) is 61.7 Å². The van der Waals surface area contributed by atoms with E-state index in [0.717, 1.165) is 37.7 Å². The predicted molar refractivity (Wildman–Crippen MR) is 92.6 cm³/mol. The standard InChI is InChI=1S/C21H27F3O3/c1-19-9-7-13(27-18(26)21(22,23)24)11-12(19)3-4-14-15-5-6-17(25)20(15,2)10-8-16(14)19/h3,13-16H,4-11H2,1-2H3/t13-,14+,15+,16+,19+,20+/m1/s1. The van der Waals surface area contributed by atoms with Crippen LogP contribution in [-0.4, -0.2) is 24.0 Å². The molecule has 0 bridgehead atoms. The SMILES string of the molecule is C[C@]12CC[C@@H](OC(=O)C(F)(F)F)CC1=CC[C@@H]1[C@@H]2CC[C@]2(C)C(=O)CC[C@@H]12. The first kappa shape index (κ1) is 19.0. The second-order valence-electron chi connectivity index (χ2n) is 9.45. The fraction of sp³-hybridized carbons (Fsp3) is 0.810. The Morgan fingerprint density at radius 2 is 1.78 bits per heavy atom. The molecule has 0 radical (unpaired) electrons. The number of Topliss-reactive ketones (excluding diaryl/α,β-unsaturated/α-hetero) is 1. The van der Waals surface area contributed by atoms with Gasteiger partial charge in [-0.3, -0.25) is 4.79 Å². The molecule has 0 unspecified atom stereocenters. The van der Waals surface area contributed by atoms with Gasteiger partial charge in [0.25, 0.3) is 0 Å². The van der Waals surface area contributed by atoms with Crippen molar-refractivity contribution in [1.82, 2.24) is 0 Å². The lowest BCUT2D eigenvalue weighted by Gasteiger charge is -2.56. The minimum absolute atomic E-state index is 0.0446. The number of esters is 1.